The summed E-state index contributed by atoms with van der Waals surface area (Å²) in [7, 11) is 0. The van der Waals surface area contributed by atoms with Crippen LogP contribution in [0.4, 0.5) is 0 Å². The number of amides is 1. The fourth-order valence-electron chi connectivity index (χ4n) is 3.43. The molecule has 2 saturated heterocycles. The summed E-state index contributed by atoms with van der Waals surface area (Å²) in [5.74, 6) is 0.568. The standard InChI is InChI=1S/C18H32N4O3/c1-3-19-18(20-13-16(23)21-10-6-5-7-11-21)22-12-8-9-15(14-22)17(24)25-4-2/h15H,3-14H2,1-2H3,(H,19,20). The van der Waals surface area contributed by atoms with Crippen molar-refractivity contribution in [3.05, 3.63) is 0 Å². The van der Waals surface area contributed by atoms with Gasteiger partial charge in [-0.2, -0.15) is 0 Å². The molecule has 0 bridgehead atoms. The van der Waals surface area contributed by atoms with E-state index in [-0.39, 0.29) is 24.3 Å². The van der Waals surface area contributed by atoms with Crippen molar-refractivity contribution >= 4 is 17.8 Å². The van der Waals surface area contributed by atoms with Crippen molar-refractivity contribution < 1.29 is 14.3 Å². The summed E-state index contributed by atoms with van der Waals surface area (Å²) in [6.45, 7) is 8.29. The van der Waals surface area contributed by atoms with Gasteiger partial charge in [-0.25, -0.2) is 4.99 Å². The molecule has 7 nitrogen and oxygen atoms in total. The van der Waals surface area contributed by atoms with Gasteiger partial charge in [0.05, 0.1) is 12.5 Å². The highest BCUT2D eigenvalue weighted by Crippen LogP contribution is 2.18. The van der Waals surface area contributed by atoms with Crippen LogP contribution in [0.25, 0.3) is 0 Å². The summed E-state index contributed by atoms with van der Waals surface area (Å²) in [6.07, 6.45) is 5.15. The Morgan fingerprint density at radius 2 is 1.80 bits per heavy atom. The average molecular weight is 352 g/mol. The van der Waals surface area contributed by atoms with Crippen LogP contribution in [-0.4, -0.2) is 73.5 Å². The molecule has 2 rings (SSSR count). The lowest BCUT2D eigenvalue weighted by atomic mass is 9.98. The highest BCUT2D eigenvalue weighted by atomic mass is 16.5. The van der Waals surface area contributed by atoms with Gasteiger partial charge in [-0.05, 0) is 46.0 Å². The summed E-state index contributed by atoms with van der Waals surface area (Å²) >= 11 is 0. The van der Waals surface area contributed by atoms with Gasteiger partial charge >= 0.3 is 5.97 Å². The zero-order chi connectivity index (χ0) is 18.1. The van der Waals surface area contributed by atoms with Crippen LogP contribution in [0.3, 0.4) is 0 Å². The van der Waals surface area contributed by atoms with E-state index >= 15 is 0 Å². The van der Waals surface area contributed by atoms with Crippen LogP contribution in [0, 0.1) is 5.92 Å². The second-order valence-electron chi connectivity index (χ2n) is 6.65. The Balaban J connectivity index is 1.95. The monoisotopic (exact) mass is 352 g/mol. The van der Waals surface area contributed by atoms with Crippen molar-refractivity contribution in [1.82, 2.24) is 15.1 Å². The van der Waals surface area contributed by atoms with Crippen molar-refractivity contribution in [3.63, 3.8) is 0 Å². The number of nitrogens with zero attached hydrogens (tertiary/aromatic N) is 3. The van der Waals surface area contributed by atoms with Crippen LogP contribution in [0.2, 0.25) is 0 Å². The molecule has 0 radical (unpaired) electrons. The molecule has 2 fully saturated rings. The van der Waals surface area contributed by atoms with Gasteiger partial charge in [0, 0.05) is 32.7 Å². The van der Waals surface area contributed by atoms with Crippen LogP contribution in [0.5, 0.6) is 0 Å². The number of rotatable bonds is 5. The number of piperidine rings is 2. The normalized spacial score (nSPS) is 21.8. The Hall–Kier alpha value is -1.79. The van der Waals surface area contributed by atoms with E-state index in [1.807, 2.05) is 18.7 Å². The third-order valence-electron chi connectivity index (χ3n) is 4.75. The van der Waals surface area contributed by atoms with Gasteiger partial charge in [0.15, 0.2) is 5.96 Å². The molecular weight excluding hydrogens is 320 g/mol. The maximum atomic E-state index is 12.3. The van der Waals surface area contributed by atoms with Crippen molar-refractivity contribution in [2.24, 2.45) is 10.9 Å². The first-order chi connectivity index (χ1) is 12.2. The lowest BCUT2D eigenvalue weighted by Crippen LogP contribution is -2.48. The zero-order valence-electron chi connectivity index (χ0n) is 15.6. The predicted octanol–water partition coefficient (Wildman–Crippen LogP) is 1.24. The van der Waals surface area contributed by atoms with Crippen LogP contribution < -0.4 is 5.32 Å². The van der Waals surface area contributed by atoms with E-state index in [9.17, 15) is 9.59 Å². The average Bonchev–Trinajstić information content (AvgIpc) is 2.66. The Labute approximate surface area is 150 Å². The van der Waals surface area contributed by atoms with Gasteiger partial charge in [0.25, 0.3) is 0 Å². The molecule has 1 unspecified atom stereocenters. The quantitative estimate of drug-likeness (QED) is 0.458. The van der Waals surface area contributed by atoms with Gasteiger partial charge in [0.1, 0.15) is 6.54 Å². The summed E-state index contributed by atoms with van der Waals surface area (Å²) in [5.41, 5.74) is 0. The van der Waals surface area contributed by atoms with E-state index in [1.165, 1.54) is 6.42 Å². The lowest BCUT2D eigenvalue weighted by molar-refractivity contribution is -0.149. The smallest absolute Gasteiger partial charge is 0.310 e. The van der Waals surface area contributed by atoms with Crippen molar-refractivity contribution in [1.29, 1.82) is 0 Å². The minimum absolute atomic E-state index is 0.0917. The summed E-state index contributed by atoms with van der Waals surface area (Å²) in [5, 5.41) is 3.26. The number of hydrogen-bond donors (Lipinski definition) is 1. The highest BCUT2D eigenvalue weighted by Gasteiger charge is 2.28. The molecule has 2 heterocycles. The SMILES string of the molecule is CCNC(=NCC(=O)N1CCCCC1)N1CCCC(C(=O)OCC)C1. The Kier molecular flexibility index (Phi) is 8.01. The minimum atomic E-state index is -0.132. The van der Waals surface area contributed by atoms with Gasteiger partial charge in [-0.1, -0.05) is 0 Å². The molecule has 1 atom stereocenters. The first-order valence-corrected chi connectivity index (χ1v) is 9.63. The number of aliphatic imine (C=N–C) groups is 1. The molecular formula is C18H32N4O3. The van der Waals surface area contributed by atoms with Gasteiger partial charge in [-0.15, -0.1) is 0 Å². The molecule has 0 aromatic carbocycles. The maximum Gasteiger partial charge on any atom is 0.310 e. The Morgan fingerprint density at radius 3 is 2.48 bits per heavy atom. The highest BCUT2D eigenvalue weighted by molar-refractivity contribution is 5.85. The second-order valence-corrected chi connectivity index (χ2v) is 6.65. The number of hydrogen-bond acceptors (Lipinski definition) is 4. The van der Waals surface area contributed by atoms with Crippen LogP contribution in [-0.2, 0) is 14.3 Å². The number of ether oxygens (including phenoxy) is 1. The second kappa shape index (κ2) is 10.3. The number of guanidine groups is 1. The Bertz CT molecular complexity index is 475. The fraction of sp³-hybridized carbons (Fsp3) is 0.833. The van der Waals surface area contributed by atoms with Gasteiger partial charge in [0.2, 0.25) is 5.91 Å². The summed E-state index contributed by atoms with van der Waals surface area (Å²) < 4.78 is 5.16. The summed E-state index contributed by atoms with van der Waals surface area (Å²) in [4.78, 5) is 32.9. The molecule has 1 N–H and O–H groups in total. The van der Waals surface area contributed by atoms with Crippen LogP contribution >= 0.6 is 0 Å². The molecule has 7 heteroatoms. The topological polar surface area (TPSA) is 74.2 Å². The minimum Gasteiger partial charge on any atom is -0.466 e. The zero-order valence-corrected chi connectivity index (χ0v) is 15.6. The number of carbonyl (C=O) groups is 2. The van der Waals surface area contributed by atoms with E-state index in [0.717, 1.165) is 57.8 Å². The van der Waals surface area contributed by atoms with E-state index in [4.69, 9.17) is 4.74 Å². The van der Waals surface area contributed by atoms with Crippen molar-refractivity contribution in [2.75, 3.05) is 45.9 Å². The van der Waals surface area contributed by atoms with Crippen molar-refractivity contribution in [2.45, 2.75) is 46.0 Å². The third kappa shape index (κ3) is 5.90. The predicted molar refractivity (Wildman–Crippen MR) is 97.3 cm³/mol. The molecule has 0 aromatic rings. The molecule has 0 aliphatic carbocycles. The molecule has 0 aromatic heterocycles. The molecule has 0 saturated carbocycles. The fourth-order valence-corrected chi connectivity index (χ4v) is 3.43. The first-order valence-electron chi connectivity index (χ1n) is 9.63. The largest absolute Gasteiger partial charge is 0.466 e. The molecule has 2 aliphatic rings. The van der Waals surface area contributed by atoms with E-state index in [1.54, 1.807) is 0 Å². The molecule has 0 spiro atoms. The van der Waals surface area contributed by atoms with Gasteiger partial charge < -0.3 is 19.9 Å². The summed E-state index contributed by atoms with van der Waals surface area (Å²) in [6, 6.07) is 0. The first kappa shape index (κ1) is 19.5. The maximum absolute atomic E-state index is 12.3. The lowest BCUT2D eigenvalue weighted by Gasteiger charge is -2.34. The molecule has 2 aliphatic heterocycles. The molecule has 1 amide bonds. The van der Waals surface area contributed by atoms with E-state index in [0.29, 0.717) is 13.2 Å². The number of nitrogens with one attached hydrogen (secondary N) is 1. The van der Waals surface area contributed by atoms with E-state index in [2.05, 4.69) is 15.2 Å². The number of esters is 1. The molecule has 142 valence electrons. The van der Waals surface area contributed by atoms with Crippen LogP contribution in [0.15, 0.2) is 4.99 Å². The van der Waals surface area contributed by atoms with Gasteiger partial charge in [-0.3, -0.25) is 9.59 Å². The number of likely N-dealkylation sites (tertiary alicyclic amines) is 2. The third-order valence-corrected chi connectivity index (χ3v) is 4.75. The Morgan fingerprint density at radius 1 is 1.08 bits per heavy atom. The molecule has 25 heavy (non-hydrogen) atoms. The van der Waals surface area contributed by atoms with Crippen LogP contribution in [0.1, 0.15) is 46.0 Å². The van der Waals surface area contributed by atoms with E-state index < -0.39 is 0 Å². The van der Waals surface area contributed by atoms with Crippen molar-refractivity contribution in [3.8, 4) is 0 Å². The number of carbonyl (C=O) groups excluding carboxylic acids is 2.